The molecule has 5 nitrogen and oxygen atoms in total. The molecule has 0 aromatic heterocycles. The Hall–Kier alpha value is -1.62. The molecule has 1 aliphatic heterocycles. The summed E-state index contributed by atoms with van der Waals surface area (Å²) < 4.78 is 0. The Morgan fingerprint density at radius 1 is 1.50 bits per heavy atom. The molecule has 1 aromatic rings. The average Bonchev–Trinajstić information content (AvgIpc) is 2.28. The van der Waals surface area contributed by atoms with Crippen molar-refractivity contribution < 1.29 is 4.92 Å². The van der Waals surface area contributed by atoms with Crippen LogP contribution < -0.4 is 10.6 Å². The highest BCUT2D eigenvalue weighted by Gasteiger charge is 2.28. The second-order valence-electron chi connectivity index (χ2n) is 5.08. The van der Waals surface area contributed by atoms with Crippen molar-refractivity contribution in [2.24, 2.45) is 5.73 Å². The molecule has 5 heteroatoms. The first-order valence-electron chi connectivity index (χ1n) is 6.26. The van der Waals surface area contributed by atoms with Crippen LogP contribution in [-0.2, 0) is 0 Å². The summed E-state index contributed by atoms with van der Waals surface area (Å²) in [5.41, 5.74) is 7.88. The SMILES string of the molecule is Cc1ccc([N+](=O)[O-])c(N2CCC(N)CC2C)c1. The number of nitro benzene ring substituents is 1. The van der Waals surface area contributed by atoms with E-state index < -0.39 is 0 Å². The summed E-state index contributed by atoms with van der Waals surface area (Å²) in [4.78, 5) is 12.9. The lowest BCUT2D eigenvalue weighted by atomic mass is 9.98. The van der Waals surface area contributed by atoms with Crippen molar-refractivity contribution in [3.8, 4) is 0 Å². The number of nitro groups is 1. The number of nitrogens with zero attached hydrogens (tertiary/aromatic N) is 2. The fourth-order valence-corrected chi connectivity index (χ4v) is 2.58. The lowest BCUT2D eigenvalue weighted by Gasteiger charge is -2.37. The third kappa shape index (κ3) is 2.46. The molecule has 1 aromatic carbocycles. The van der Waals surface area contributed by atoms with Crippen LogP contribution in [0.2, 0.25) is 0 Å². The van der Waals surface area contributed by atoms with Gasteiger partial charge in [-0.15, -0.1) is 0 Å². The number of piperidine rings is 1. The third-order valence-electron chi connectivity index (χ3n) is 3.55. The van der Waals surface area contributed by atoms with E-state index in [0.29, 0.717) is 0 Å². The largest absolute Gasteiger partial charge is 0.363 e. The molecule has 2 rings (SSSR count). The quantitative estimate of drug-likeness (QED) is 0.644. The smallest absolute Gasteiger partial charge is 0.292 e. The van der Waals surface area contributed by atoms with Crippen LogP contribution in [0.15, 0.2) is 18.2 Å². The Kier molecular flexibility index (Phi) is 3.52. The lowest BCUT2D eigenvalue weighted by molar-refractivity contribution is -0.384. The highest BCUT2D eigenvalue weighted by Crippen LogP contribution is 2.33. The molecule has 1 fully saturated rings. The number of hydrogen-bond acceptors (Lipinski definition) is 4. The predicted octanol–water partition coefficient (Wildman–Crippen LogP) is 2.22. The molecule has 0 spiro atoms. The third-order valence-corrected chi connectivity index (χ3v) is 3.55. The minimum atomic E-state index is -0.309. The van der Waals surface area contributed by atoms with Crippen molar-refractivity contribution in [2.75, 3.05) is 11.4 Å². The number of benzene rings is 1. The van der Waals surface area contributed by atoms with E-state index >= 15 is 0 Å². The maximum absolute atomic E-state index is 11.1. The Labute approximate surface area is 107 Å². The summed E-state index contributed by atoms with van der Waals surface area (Å²) in [6.45, 7) is 4.81. The van der Waals surface area contributed by atoms with Gasteiger partial charge in [0, 0.05) is 24.7 Å². The molecule has 0 aliphatic carbocycles. The van der Waals surface area contributed by atoms with Gasteiger partial charge in [-0.25, -0.2) is 0 Å². The van der Waals surface area contributed by atoms with Crippen LogP contribution in [0, 0.1) is 17.0 Å². The van der Waals surface area contributed by atoms with Crippen LogP contribution >= 0.6 is 0 Å². The van der Waals surface area contributed by atoms with Crippen molar-refractivity contribution in [2.45, 2.75) is 38.8 Å². The lowest BCUT2D eigenvalue weighted by Crippen LogP contribution is -2.45. The first-order valence-corrected chi connectivity index (χ1v) is 6.26. The Morgan fingerprint density at radius 2 is 2.22 bits per heavy atom. The number of nitrogens with two attached hydrogens (primary N) is 1. The van der Waals surface area contributed by atoms with Gasteiger partial charge in [0.2, 0.25) is 0 Å². The average molecular weight is 249 g/mol. The van der Waals surface area contributed by atoms with Gasteiger partial charge in [0.15, 0.2) is 0 Å². The highest BCUT2D eigenvalue weighted by molar-refractivity contribution is 5.65. The molecule has 2 unspecified atom stereocenters. The summed E-state index contributed by atoms with van der Waals surface area (Å²) >= 11 is 0. The summed E-state index contributed by atoms with van der Waals surface area (Å²) in [7, 11) is 0. The molecular formula is C13H19N3O2. The zero-order chi connectivity index (χ0) is 13.3. The van der Waals surface area contributed by atoms with Crippen LogP contribution in [0.1, 0.15) is 25.3 Å². The van der Waals surface area contributed by atoms with Crippen molar-refractivity contribution in [1.29, 1.82) is 0 Å². The van der Waals surface area contributed by atoms with Crippen molar-refractivity contribution in [3.63, 3.8) is 0 Å². The van der Waals surface area contributed by atoms with Crippen molar-refractivity contribution >= 4 is 11.4 Å². The minimum Gasteiger partial charge on any atom is -0.363 e. The zero-order valence-electron chi connectivity index (χ0n) is 10.8. The number of aryl methyl sites for hydroxylation is 1. The van der Waals surface area contributed by atoms with Crippen LogP contribution in [-0.4, -0.2) is 23.6 Å². The zero-order valence-corrected chi connectivity index (χ0v) is 10.8. The van der Waals surface area contributed by atoms with Crippen LogP contribution in [0.25, 0.3) is 0 Å². The molecule has 2 N–H and O–H groups in total. The predicted molar refractivity (Wildman–Crippen MR) is 71.9 cm³/mol. The van der Waals surface area contributed by atoms with Gasteiger partial charge < -0.3 is 10.6 Å². The van der Waals surface area contributed by atoms with Crippen LogP contribution in [0.3, 0.4) is 0 Å². The van der Waals surface area contributed by atoms with E-state index in [0.717, 1.165) is 30.6 Å². The highest BCUT2D eigenvalue weighted by atomic mass is 16.6. The Morgan fingerprint density at radius 3 is 2.83 bits per heavy atom. The fourth-order valence-electron chi connectivity index (χ4n) is 2.58. The second kappa shape index (κ2) is 4.94. The summed E-state index contributed by atoms with van der Waals surface area (Å²) in [6, 6.07) is 5.72. The van der Waals surface area contributed by atoms with Crippen LogP contribution in [0.4, 0.5) is 11.4 Å². The van der Waals surface area contributed by atoms with Gasteiger partial charge in [-0.1, -0.05) is 6.07 Å². The van der Waals surface area contributed by atoms with E-state index in [1.807, 2.05) is 13.0 Å². The fraction of sp³-hybridized carbons (Fsp3) is 0.538. The molecule has 1 saturated heterocycles. The van der Waals surface area contributed by atoms with Gasteiger partial charge in [-0.05, 0) is 38.3 Å². The van der Waals surface area contributed by atoms with Gasteiger partial charge in [-0.3, -0.25) is 10.1 Å². The first-order chi connectivity index (χ1) is 8.49. The number of anilines is 1. The van der Waals surface area contributed by atoms with E-state index in [2.05, 4.69) is 11.8 Å². The molecular weight excluding hydrogens is 230 g/mol. The van der Waals surface area contributed by atoms with Crippen molar-refractivity contribution in [3.05, 3.63) is 33.9 Å². The van der Waals surface area contributed by atoms with Gasteiger partial charge in [0.25, 0.3) is 5.69 Å². The topological polar surface area (TPSA) is 72.4 Å². The van der Waals surface area contributed by atoms with E-state index in [1.165, 1.54) is 0 Å². The van der Waals surface area contributed by atoms with E-state index in [-0.39, 0.29) is 22.7 Å². The molecule has 18 heavy (non-hydrogen) atoms. The Balaban J connectivity index is 2.37. The van der Waals surface area contributed by atoms with E-state index in [9.17, 15) is 10.1 Å². The monoisotopic (exact) mass is 249 g/mol. The maximum Gasteiger partial charge on any atom is 0.292 e. The number of hydrogen-bond donors (Lipinski definition) is 1. The van der Waals surface area contributed by atoms with Gasteiger partial charge in [0.05, 0.1) is 4.92 Å². The maximum atomic E-state index is 11.1. The van der Waals surface area contributed by atoms with Crippen molar-refractivity contribution in [1.82, 2.24) is 0 Å². The van der Waals surface area contributed by atoms with Gasteiger partial charge in [-0.2, -0.15) is 0 Å². The molecule has 1 heterocycles. The van der Waals surface area contributed by atoms with Gasteiger partial charge >= 0.3 is 0 Å². The van der Waals surface area contributed by atoms with Gasteiger partial charge in [0.1, 0.15) is 5.69 Å². The second-order valence-corrected chi connectivity index (χ2v) is 5.08. The molecule has 1 aliphatic rings. The summed E-state index contributed by atoms with van der Waals surface area (Å²) in [5, 5.41) is 11.1. The minimum absolute atomic E-state index is 0.183. The number of rotatable bonds is 2. The van der Waals surface area contributed by atoms with E-state index in [1.54, 1.807) is 12.1 Å². The standard InChI is InChI=1S/C13H19N3O2/c1-9-3-4-12(16(17)18)13(7-9)15-6-5-11(14)8-10(15)2/h3-4,7,10-11H,5-6,8,14H2,1-2H3. The molecule has 0 saturated carbocycles. The molecule has 0 amide bonds. The molecule has 98 valence electrons. The summed E-state index contributed by atoms with van der Waals surface area (Å²) in [5.74, 6) is 0. The van der Waals surface area contributed by atoms with Crippen LogP contribution in [0.5, 0.6) is 0 Å². The molecule has 2 atom stereocenters. The molecule has 0 bridgehead atoms. The normalized spacial score (nSPS) is 24.1. The first kappa shape index (κ1) is 12.8. The molecule has 0 radical (unpaired) electrons. The Bertz CT molecular complexity index is 462. The summed E-state index contributed by atoms with van der Waals surface area (Å²) in [6.07, 6.45) is 1.76. The van der Waals surface area contributed by atoms with E-state index in [4.69, 9.17) is 5.73 Å².